The Morgan fingerprint density at radius 1 is 0.767 bits per heavy atom. The number of ether oxygens (including phenoxy) is 1. The number of nitro groups is 2. The summed E-state index contributed by atoms with van der Waals surface area (Å²) >= 11 is 0. The predicted octanol–water partition coefficient (Wildman–Crippen LogP) is 4.28. The molecule has 0 N–H and O–H groups in total. The molecule has 3 aromatic carbocycles. The van der Waals surface area contributed by atoms with E-state index in [-0.39, 0.29) is 22.4 Å². The molecule has 3 rings (SSSR count). The van der Waals surface area contributed by atoms with Gasteiger partial charge in [0.1, 0.15) is 5.56 Å². The van der Waals surface area contributed by atoms with Crippen molar-refractivity contribution in [3.8, 4) is 0 Å². The molecule has 0 bridgehead atoms. The summed E-state index contributed by atoms with van der Waals surface area (Å²) in [5, 5.41) is 22.1. The number of rotatable bonds is 7. The first-order valence-corrected chi connectivity index (χ1v) is 8.66. The van der Waals surface area contributed by atoms with Crippen LogP contribution in [0.25, 0.3) is 0 Å². The summed E-state index contributed by atoms with van der Waals surface area (Å²) in [6, 6.07) is 18.2. The van der Waals surface area contributed by atoms with Crippen molar-refractivity contribution in [3.05, 3.63) is 116 Å². The Morgan fingerprint density at radius 2 is 1.37 bits per heavy atom. The Kier molecular flexibility index (Phi) is 5.92. The van der Waals surface area contributed by atoms with Gasteiger partial charge in [-0.25, -0.2) is 4.79 Å². The van der Waals surface area contributed by atoms with Crippen molar-refractivity contribution in [1.82, 2.24) is 0 Å². The third-order valence-electron chi connectivity index (χ3n) is 4.25. The number of hydrogen-bond acceptors (Lipinski definition) is 7. The third kappa shape index (κ3) is 4.36. The van der Waals surface area contributed by atoms with Crippen LogP contribution in [-0.4, -0.2) is 21.6 Å². The summed E-state index contributed by atoms with van der Waals surface area (Å²) in [4.78, 5) is 46.5. The maximum atomic E-state index is 13.0. The SMILES string of the molecule is O=C(O[C@@H](C(=O)c1ccccc1)c1ccc([N+](=O)[O-])cc1)c1ccccc1[N+](=O)[O-]. The van der Waals surface area contributed by atoms with Crippen LogP contribution in [0.1, 0.15) is 32.4 Å². The van der Waals surface area contributed by atoms with Crippen LogP contribution in [0.5, 0.6) is 0 Å². The van der Waals surface area contributed by atoms with Crippen LogP contribution in [0.3, 0.4) is 0 Å². The average Bonchev–Trinajstić information content (AvgIpc) is 2.77. The average molecular weight is 406 g/mol. The van der Waals surface area contributed by atoms with Gasteiger partial charge in [-0.05, 0) is 18.2 Å². The lowest BCUT2D eigenvalue weighted by atomic mass is 9.99. The van der Waals surface area contributed by atoms with Crippen molar-refractivity contribution in [2.75, 3.05) is 0 Å². The van der Waals surface area contributed by atoms with Crippen LogP contribution >= 0.6 is 0 Å². The quantitative estimate of drug-likeness (QED) is 0.248. The number of non-ortho nitro benzene ring substituents is 1. The number of carbonyl (C=O) groups excluding carboxylic acids is 2. The van der Waals surface area contributed by atoms with Crippen LogP contribution in [0.15, 0.2) is 78.9 Å². The first-order chi connectivity index (χ1) is 14.4. The Hall–Kier alpha value is -4.40. The minimum atomic E-state index is -1.44. The predicted molar refractivity (Wildman–Crippen MR) is 105 cm³/mol. The number of Topliss-reactive ketones (excluding diaryl/α,β-unsaturated/α-hetero) is 1. The highest BCUT2D eigenvalue weighted by Gasteiger charge is 2.30. The van der Waals surface area contributed by atoms with Gasteiger partial charge in [0.2, 0.25) is 5.78 Å². The standard InChI is InChI=1S/C21H14N2O7/c24-19(14-6-2-1-3-7-14)20(15-10-12-16(13-11-15)22(26)27)30-21(25)17-8-4-5-9-18(17)23(28)29/h1-13,20H/t20-/m1/s1. The number of benzene rings is 3. The van der Waals surface area contributed by atoms with E-state index in [4.69, 9.17) is 4.74 Å². The maximum Gasteiger partial charge on any atom is 0.346 e. The molecule has 0 aliphatic rings. The molecule has 0 amide bonds. The van der Waals surface area contributed by atoms with Gasteiger partial charge in [-0.3, -0.25) is 25.0 Å². The van der Waals surface area contributed by atoms with Gasteiger partial charge in [-0.2, -0.15) is 0 Å². The van der Waals surface area contributed by atoms with Gasteiger partial charge < -0.3 is 4.74 Å². The summed E-state index contributed by atoms with van der Waals surface area (Å²) in [7, 11) is 0. The third-order valence-corrected chi connectivity index (χ3v) is 4.25. The lowest BCUT2D eigenvalue weighted by Crippen LogP contribution is -2.21. The molecule has 0 aliphatic carbocycles. The number of para-hydroxylation sites is 1. The van der Waals surface area contributed by atoms with E-state index >= 15 is 0 Å². The number of carbonyl (C=O) groups is 2. The largest absolute Gasteiger partial charge is 0.445 e. The van der Waals surface area contributed by atoms with Gasteiger partial charge in [-0.15, -0.1) is 0 Å². The van der Waals surface area contributed by atoms with E-state index < -0.39 is 33.4 Å². The lowest BCUT2D eigenvalue weighted by molar-refractivity contribution is -0.385. The highest BCUT2D eigenvalue weighted by atomic mass is 16.6. The van der Waals surface area contributed by atoms with E-state index in [0.717, 1.165) is 6.07 Å². The van der Waals surface area contributed by atoms with Crippen LogP contribution in [-0.2, 0) is 4.74 Å². The second-order valence-corrected chi connectivity index (χ2v) is 6.14. The van der Waals surface area contributed by atoms with Crippen molar-refractivity contribution in [2.24, 2.45) is 0 Å². The van der Waals surface area contributed by atoms with E-state index in [1.807, 2.05) is 0 Å². The molecule has 150 valence electrons. The van der Waals surface area contributed by atoms with Crippen LogP contribution in [0.4, 0.5) is 11.4 Å². The number of hydrogen-bond donors (Lipinski definition) is 0. The van der Waals surface area contributed by atoms with Crippen molar-refractivity contribution in [2.45, 2.75) is 6.10 Å². The van der Waals surface area contributed by atoms with Crippen LogP contribution in [0.2, 0.25) is 0 Å². The molecule has 0 heterocycles. The van der Waals surface area contributed by atoms with Gasteiger partial charge in [0.15, 0.2) is 6.10 Å². The summed E-state index contributed by atoms with van der Waals surface area (Å²) < 4.78 is 5.37. The normalized spacial score (nSPS) is 11.3. The molecular formula is C21H14N2O7. The zero-order valence-corrected chi connectivity index (χ0v) is 15.3. The van der Waals surface area contributed by atoms with E-state index in [0.29, 0.717) is 0 Å². The molecule has 3 aromatic rings. The molecule has 1 atom stereocenters. The summed E-state index contributed by atoms with van der Waals surface area (Å²) in [6.45, 7) is 0. The summed E-state index contributed by atoms with van der Waals surface area (Å²) in [5.74, 6) is -1.63. The maximum absolute atomic E-state index is 13.0. The molecule has 9 heteroatoms. The Labute approximate surface area is 169 Å². The molecule has 0 fully saturated rings. The van der Waals surface area contributed by atoms with Gasteiger partial charge >= 0.3 is 5.97 Å². The molecule has 30 heavy (non-hydrogen) atoms. The van der Waals surface area contributed by atoms with E-state index in [2.05, 4.69) is 0 Å². The van der Waals surface area contributed by atoms with Crippen LogP contribution < -0.4 is 0 Å². The number of ketones is 1. The van der Waals surface area contributed by atoms with Crippen molar-refractivity contribution < 1.29 is 24.2 Å². The molecule has 0 spiro atoms. The van der Waals surface area contributed by atoms with Gasteiger partial charge in [0.05, 0.1) is 9.85 Å². The second kappa shape index (κ2) is 8.74. The van der Waals surface area contributed by atoms with E-state index in [1.54, 1.807) is 18.2 Å². The number of esters is 1. The highest BCUT2D eigenvalue weighted by Crippen LogP contribution is 2.28. The topological polar surface area (TPSA) is 130 Å². The van der Waals surface area contributed by atoms with Crippen molar-refractivity contribution in [3.63, 3.8) is 0 Å². The lowest BCUT2D eigenvalue weighted by Gasteiger charge is -2.17. The summed E-state index contributed by atoms with van der Waals surface area (Å²) in [6.07, 6.45) is -1.44. The molecule has 0 saturated heterocycles. The first-order valence-electron chi connectivity index (χ1n) is 8.66. The fourth-order valence-corrected chi connectivity index (χ4v) is 2.77. The Bertz CT molecular complexity index is 1110. The molecule has 9 nitrogen and oxygen atoms in total. The molecule has 0 aromatic heterocycles. The Balaban J connectivity index is 1.99. The minimum absolute atomic E-state index is 0.196. The molecule has 0 aliphatic heterocycles. The smallest absolute Gasteiger partial charge is 0.346 e. The molecule has 0 unspecified atom stereocenters. The molecule has 0 saturated carbocycles. The molecular weight excluding hydrogens is 392 g/mol. The summed E-state index contributed by atoms with van der Waals surface area (Å²) in [5.41, 5.74) is -0.528. The zero-order valence-electron chi connectivity index (χ0n) is 15.3. The first kappa shape index (κ1) is 20.3. The van der Waals surface area contributed by atoms with Gasteiger partial charge in [-0.1, -0.05) is 42.5 Å². The van der Waals surface area contributed by atoms with Crippen LogP contribution in [0, 0.1) is 20.2 Å². The number of nitro benzene ring substituents is 2. The monoisotopic (exact) mass is 406 g/mol. The Morgan fingerprint density at radius 3 is 1.97 bits per heavy atom. The van der Waals surface area contributed by atoms with Gasteiger partial charge in [0.25, 0.3) is 11.4 Å². The fraction of sp³-hybridized carbons (Fsp3) is 0.0476. The fourth-order valence-electron chi connectivity index (χ4n) is 2.77. The van der Waals surface area contributed by atoms with Crippen molar-refractivity contribution in [1.29, 1.82) is 0 Å². The van der Waals surface area contributed by atoms with Gasteiger partial charge in [0, 0.05) is 29.3 Å². The van der Waals surface area contributed by atoms with E-state index in [1.165, 1.54) is 54.6 Å². The number of nitrogens with zero attached hydrogens (tertiary/aromatic N) is 2. The second-order valence-electron chi connectivity index (χ2n) is 6.14. The zero-order chi connectivity index (χ0) is 21.7. The highest BCUT2D eigenvalue weighted by molar-refractivity contribution is 6.02. The minimum Gasteiger partial charge on any atom is -0.445 e. The van der Waals surface area contributed by atoms with Crippen molar-refractivity contribution >= 4 is 23.1 Å². The van der Waals surface area contributed by atoms with E-state index in [9.17, 15) is 29.8 Å². The molecule has 0 radical (unpaired) electrons.